The van der Waals surface area contributed by atoms with Gasteiger partial charge >= 0.3 is 6.03 Å². The second-order valence-electron chi connectivity index (χ2n) is 6.81. The first kappa shape index (κ1) is 19.3. The number of nitrogens with zero attached hydrogens (tertiary/aromatic N) is 3. The topological polar surface area (TPSA) is 71.3 Å². The number of carbonyl (C=O) groups excluding carboxylic acids is 1. The van der Waals surface area contributed by atoms with Gasteiger partial charge in [0, 0.05) is 24.3 Å². The fourth-order valence-corrected chi connectivity index (χ4v) is 3.44. The van der Waals surface area contributed by atoms with Crippen molar-refractivity contribution in [3.05, 3.63) is 65.0 Å². The van der Waals surface area contributed by atoms with Gasteiger partial charge in [-0.25, -0.2) is 13.6 Å². The summed E-state index contributed by atoms with van der Waals surface area (Å²) in [7, 11) is 0. The van der Waals surface area contributed by atoms with Gasteiger partial charge in [-0.2, -0.15) is 4.98 Å². The van der Waals surface area contributed by atoms with Crippen molar-refractivity contribution in [2.75, 3.05) is 18.4 Å². The van der Waals surface area contributed by atoms with Gasteiger partial charge in [-0.05, 0) is 55.3 Å². The maximum atomic E-state index is 13.3. The summed E-state index contributed by atoms with van der Waals surface area (Å²) in [6, 6.07) is 9.54. The molecule has 6 nitrogen and oxygen atoms in total. The lowest BCUT2D eigenvalue weighted by Gasteiger charge is -2.31. The van der Waals surface area contributed by atoms with Gasteiger partial charge in [0.2, 0.25) is 11.7 Å². The molecule has 1 N–H and O–H groups in total. The molecule has 0 radical (unpaired) electrons. The highest BCUT2D eigenvalue weighted by atomic mass is 35.5. The standard InChI is InChI=1S/C20H17ClF2N4O2/c21-16-10-15(7-8-17(16)23)24-20(28)27-9-1-2-13(11-27)19-25-18(26-29-19)12-3-5-14(22)6-4-12/h3-8,10,13H,1-2,9,11H2,(H,24,28). The molecule has 1 fully saturated rings. The zero-order valence-corrected chi connectivity index (χ0v) is 16.0. The molecule has 1 atom stereocenters. The Morgan fingerprint density at radius 3 is 2.76 bits per heavy atom. The van der Waals surface area contributed by atoms with E-state index in [9.17, 15) is 13.6 Å². The van der Waals surface area contributed by atoms with E-state index < -0.39 is 5.82 Å². The average molecular weight is 419 g/mol. The fraction of sp³-hybridized carbons (Fsp3) is 0.250. The largest absolute Gasteiger partial charge is 0.339 e. The molecule has 1 unspecified atom stereocenters. The number of piperidine rings is 1. The monoisotopic (exact) mass is 418 g/mol. The molecule has 2 heterocycles. The van der Waals surface area contributed by atoms with Crippen LogP contribution >= 0.6 is 11.6 Å². The van der Waals surface area contributed by atoms with Crippen LogP contribution in [0.2, 0.25) is 5.02 Å². The molecule has 150 valence electrons. The lowest BCUT2D eigenvalue weighted by Crippen LogP contribution is -2.41. The van der Waals surface area contributed by atoms with Crippen molar-refractivity contribution < 1.29 is 18.1 Å². The van der Waals surface area contributed by atoms with Crippen molar-refractivity contribution >= 4 is 23.3 Å². The number of hydrogen-bond acceptors (Lipinski definition) is 4. The first-order valence-corrected chi connectivity index (χ1v) is 9.48. The molecule has 4 rings (SSSR count). The number of aromatic nitrogens is 2. The number of anilines is 1. The van der Waals surface area contributed by atoms with Crippen molar-refractivity contribution in [2.24, 2.45) is 0 Å². The Morgan fingerprint density at radius 1 is 1.21 bits per heavy atom. The van der Waals surface area contributed by atoms with E-state index in [1.54, 1.807) is 17.0 Å². The van der Waals surface area contributed by atoms with Crippen molar-refractivity contribution in [3.63, 3.8) is 0 Å². The molecule has 1 aliphatic rings. The van der Waals surface area contributed by atoms with E-state index in [2.05, 4.69) is 15.5 Å². The van der Waals surface area contributed by atoms with Crippen LogP contribution in [0.15, 0.2) is 47.0 Å². The maximum absolute atomic E-state index is 13.3. The normalized spacial score (nSPS) is 16.7. The van der Waals surface area contributed by atoms with Crippen molar-refractivity contribution in [2.45, 2.75) is 18.8 Å². The van der Waals surface area contributed by atoms with Gasteiger partial charge in [0.05, 0.1) is 10.9 Å². The summed E-state index contributed by atoms with van der Waals surface area (Å²) in [5.74, 6) is -0.174. The zero-order chi connectivity index (χ0) is 20.4. The summed E-state index contributed by atoms with van der Waals surface area (Å²) in [6.07, 6.45) is 1.58. The van der Waals surface area contributed by atoms with Crippen molar-refractivity contribution in [3.8, 4) is 11.4 Å². The lowest BCUT2D eigenvalue weighted by atomic mass is 9.98. The van der Waals surface area contributed by atoms with Crippen LogP contribution in [0.3, 0.4) is 0 Å². The Kier molecular flexibility index (Phi) is 5.44. The number of nitrogens with one attached hydrogen (secondary N) is 1. The molecule has 1 saturated heterocycles. The Labute approximate surface area is 170 Å². The summed E-state index contributed by atoms with van der Waals surface area (Å²) >= 11 is 5.76. The van der Waals surface area contributed by atoms with Crippen LogP contribution in [0.4, 0.5) is 19.3 Å². The van der Waals surface area contributed by atoms with E-state index in [1.165, 1.54) is 30.3 Å². The summed E-state index contributed by atoms with van der Waals surface area (Å²) in [5.41, 5.74) is 1.07. The molecule has 1 aromatic heterocycles. The molecule has 1 aliphatic heterocycles. The third-order valence-electron chi connectivity index (χ3n) is 4.77. The van der Waals surface area contributed by atoms with Crippen molar-refractivity contribution in [1.29, 1.82) is 0 Å². The molecule has 29 heavy (non-hydrogen) atoms. The minimum Gasteiger partial charge on any atom is -0.339 e. The predicted octanol–water partition coefficient (Wildman–Crippen LogP) is 5.08. The van der Waals surface area contributed by atoms with E-state index in [1.807, 2.05) is 0 Å². The highest BCUT2D eigenvalue weighted by molar-refractivity contribution is 6.31. The molecule has 0 spiro atoms. The quantitative estimate of drug-likeness (QED) is 0.643. The number of carbonyl (C=O) groups is 1. The Bertz CT molecular complexity index is 1030. The van der Waals surface area contributed by atoms with E-state index in [-0.39, 0.29) is 22.8 Å². The molecule has 2 amide bonds. The van der Waals surface area contributed by atoms with Crippen LogP contribution in [0.5, 0.6) is 0 Å². The van der Waals surface area contributed by atoms with Crippen LogP contribution in [0.1, 0.15) is 24.7 Å². The molecule has 0 bridgehead atoms. The predicted molar refractivity (Wildman–Crippen MR) is 104 cm³/mol. The molecule has 0 aliphatic carbocycles. The summed E-state index contributed by atoms with van der Waals surface area (Å²) < 4.78 is 31.8. The summed E-state index contributed by atoms with van der Waals surface area (Å²) in [5, 5.41) is 6.63. The molecule has 0 saturated carbocycles. The lowest BCUT2D eigenvalue weighted by molar-refractivity contribution is 0.184. The van der Waals surface area contributed by atoms with Crippen LogP contribution in [0, 0.1) is 11.6 Å². The Morgan fingerprint density at radius 2 is 2.00 bits per heavy atom. The summed E-state index contributed by atoms with van der Waals surface area (Å²) in [4.78, 5) is 18.6. The van der Waals surface area contributed by atoms with Gasteiger partial charge in [-0.3, -0.25) is 0 Å². The number of hydrogen-bond donors (Lipinski definition) is 1. The zero-order valence-electron chi connectivity index (χ0n) is 15.2. The van der Waals surface area contributed by atoms with Crippen LogP contribution in [-0.2, 0) is 0 Å². The minimum atomic E-state index is -0.545. The van der Waals surface area contributed by atoms with E-state index in [0.717, 1.165) is 12.8 Å². The second kappa shape index (κ2) is 8.16. The van der Waals surface area contributed by atoms with E-state index >= 15 is 0 Å². The fourth-order valence-electron chi connectivity index (χ4n) is 3.26. The van der Waals surface area contributed by atoms with Crippen LogP contribution in [-0.4, -0.2) is 34.2 Å². The third-order valence-corrected chi connectivity index (χ3v) is 5.06. The number of benzene rings is 2. The van der Waals surface area contributed by atoms with Gasteiger partial charge in [0.25, 0.3) is 0 Å². The number of amides is 2. The number of urea groups is 1. The number of rotatable bonds is 3. The molecular weight excluding hydrogens is 402 g/mol. The molecular formula is C20H17ClF2N4O2. The minimum absolute atomic E-state index is 0.0569. The van der Waals surface area contributed by atoms with Gasteiger partial charge in [0.1, 0.15) is 11.6 Å². The van der Waals surface area contributed by atoms with Crippen LogP contribution < -0.4 is 5.32 Å². The Hall–Kier alpha value is -3.00. The van der Waals surface area contributed by atoms with Gasteiger partial charge < -0.3 is 14.7 Å². The van der Waals surface area contributed by atoms with E-state index in [0.29, 0.717) is 36.1 Å². The highest BCUT2D eigenvalue weighted by Gasteiger charge is 2.29. The van der Waals surface area contributed by atoms with Gasteiger partial charge in [-0.1, -0.05) is 16.8 Å². The first-order chi connectivity index (χ1) is 14.0. The third kappa shape index (κ3) is 4.37. The second-order valence-corrected chi connectivity index (χ2v) is 7.21. The SMILES string of the molecule is O=C(Nc1ccc(F)c(Cl)c1)N1CCCC(c2nc(-c3ccc(F)cc3)no2)C1. The molecule has 2 aromatic carbocycles. The number of likely N-dealkylation sites (tertiary alicyclic amines) is 1. The first-order valence-electron chi connectivity index (χ1n) is 9.10. The van der Waals surface area contributed by atoms with E-state index in [4.69, 9.17) is 16.1 Å². The smallest absolute Gasteiger partial charge is 0.321 e. The highest BCUT2D eigenvalue weighted by Crippen LogP contribution is 2.28. The van der Waals surface area contributed by atoms with Gasteiger partial charge in [-0.15, -0.1) is 0 Å². The number of halogens is 3. The maximum Gasteiger partial charge on any atom is 0.321 e. The van der Waals surface area contributed by atoms with Crippen molar-refractivity contribution in [1.82, 2.24) is 15.0 Å². The summed E-state index contributed by atoms with van der Waals surface area (Å²) in [6.45, 7) is 0.988. The van der Waals surface area contributed by atoms with Crippen LogP contribution in [0.25, 0.3) is 11.4 Å². The molecule has 3 aromatic rings. The van der Waals surface area contributed by atoms with Gasteiger partial charge in [0.15, 0.2) is 0 Å². The molecule has 9 heteroatoms. The Balaban J connectivity index is 1.43. The average Bonchev–Trinajstić information content (AvgIpc) is 3.22.